The summed E-state index contributed by atoms with van der Waals surface area (Å²) in [5.41, 5.74) is 10.4. The Morgan fingerprint density at radius 2 is 0.846 bits per heavy atom. The Balaban J connectivity index is 0.000000117. The monoisotopic (exact) mass is 1720 g/mol. The average molecular weight is 1720 g/mol. The summed E-state index contributed by atoms with van der Waals surface area (Å²) in [4.78, 5) is 111. The van der Waals surface area contributed by atoms with Crippen LogP contribution < -0.4 is 14.7 Å². The van der Waals surface area contributed by atoms with Crippen LogP contribution in [0.5, 0.6) is 0 Å². The van der Waals surface area contributed by atoms with Crippen molar-refractivity contribution in [1.82, 2.24) is 118 Å². The number of anilines is 3. The molecule has 20 rings (SSSR count). The number of carbonyl (C=O) groups excluding carboxylic acids is 5. The lowest BCUT2D eigenvalue weighted by atomic mass is 9.91. The number of aromatic nitrogens is 24. The molecule has 12 aromatic heterocycles. The minimum Gasteiger partial charge on any atom is -0.340 e. The third-order valence-corrected chi connectivity index (χ3v) is 27.6. The van der Waals surface area contributed by atoms with Crippen LogP contribution in [-0.4, -0.2) is 186 Å². The van der Waals surface area contributed by atoms with Gasteiger partial charge in [0.25, 0.3) is 0 Å². The lowest BCUT2D eigenvalue weighted by Gasteiger charge is -2.21. The number of nitrogens with zero attached hydrogens (tertiary/aromatic N) is 27. The number of benzene rings is 1. The van der Waals surface area contributed by atoms with Crippen molar-refractivity contribution in [3.05, 3.63) is 156 Å². The van der Waals surface area contributed by atoms with Gasteiger partial charge < -0.3 is 14.7 Å². The van der Waals surface area contributed by atoms with Crippen molar-refractivity contribution in [1.29, 1.82) is 0 Å². The van der Waals surface area contributed by atoms with E-state index in [0.717, 1.165) is 199 Å². The van der Waals surface area contributed by atoms with Crippen LogP contribution >= 0.6 is 34.0 Å². The van der Waals surface area contributed by atoms with Gasteiger partial charge in [-0.25, -0.2) is 43.1 Å². The largest absolute Gasteiger partial charge is 0.340 e. The Morgan fingerprint density at radius 3 is 1.27 bits per heavy atom. The first-order valence-corrected chi connectivity index (χ1v) is 45.2. The van der Waals surface area contributed by atoms with Crippen LogP contribution in [0.1, 0.15) is 199 Å². The van der Waals surface area contributed by atoms with Crippen molar-refractivity contribution < 1.29 is 28.4 Å². The van der Waals surface area contributed by atoms with E-state index in [1.165, 1.54) is 73.8 Å². The van der Waals surface area contributed by atoms with E-state index in [0.29, 0.717) is 88.9 Å². The molecule has 0 radical (unpaired) electrons. The summed E-state index contributed by atoms with van der Waals surface area (Å²) in [5.74, 6) is 7.74. The van der Waals surface area contributed by atoms with Gasteiger partial charge in [0.1, 0.15) is 61.9 Å². The van der Waals surface area contributed by atoms with E-state index in [-0.39, 0.29) is 58.4 Å². The van der Waals surface area contributed by atoms with Gasteiger partial charge in [-0.3, -0.25) is 47.7 Å². The van der Waals surface area contributed by atoms with Crippen LogP contribution in [0.3, 0.4) is 0 Å². The molecule has 1 aromatic carbocycles. The molecule has 36 heteroatoms. The summed E-state index contributed by atoms with van der Waals surface area (Å²) in [5, 5.41) is 40.4. The number of Topliss-reactive ketones (excluding diaryl/α,β-unsaturated/α-hetero) is 5. The number of carbonyl (C=O) groups is 5. The second-order valence-electron chi connectivity index (χ2n) is 33.5. The zero-order valence-corrected chi connectivity index (χ0v) is 73.7. The second kappa shape index (κ2) is 36.0. The van der Waals surface area contributed by atoms with Crippen LogP contribution in [0.2, 0.25) is 0 Å². The van der Waals surface area contributed by atoms with Gasteiger partial charge in [0.2, 0.25) is 17.8 Å². The summed E-state index contributed by atoms with van der Waals surface area (Å²) in [6, 6.07) is 12.1. The van der Waals surface area contributed by atoms with Gasteiger partial charge in [0, 0.05) is 185 Å². The highest BCUT2D eigenvalue weighted by atomic mass is 32.1. The summed E-state index contributed by atoms with van der Waals surface area (Å²) < 4.78 is 28.2. The summed E-state index contributed by atoms with van der Waals surface area (Å²) in [6.45, 7) is 20.7. The molecule has 19 heterocycles. The Bertz CT molecular complexity index is 6060. The molecule has 0 N–H and O–H groups in total. The molecule has 0 aliphatic carbocycles. The molecule has 640 valence electrons. The summed E-state index contributed by atoms with van der Waals surface area (Å²) in [6.07, 6.45) is 22.6. The lowest BCUT2D eigenvalue weighted by molar-refractivity contribution is 0.0935. The molecule has 0 bridgehead atoms. The van der Waals surface area contributed by atoms with E-state index in [2.05, 4.69) is 72.0 Å². The highest BCUT2D eigenvalue weighted by molar-refractivity contribution is 7.15. The summed E-state index contributed by atoms with van der Waals surface area (Å²) in [7, 11) is 7.22. The van der Waals surface area contributed by atoms with Gasteiger partial charge in [-0.1, -0.05) is 18.2 Å². The molecule has 3 saturated heterocycles. The van der Waals surface area contributed by atoms with Gasteiger partial charge in [-0.05, 0) is 147 Å². The third kappa shape index (κ3) is 18.3. The fourth-order valence-corrected chi connectivity index (χ4v) is 20.4. The maximum Gasteiger partial charge on any atom is 0.244 e. The Morgan fingerprint density at radius 1 is 0.431 bits per heavy atom. The second-order valence-corrected chi connectivity index (χ2v) is 36.7. The molecule has 13 aromatic rings. The van der Waals surface area contributed by atoms with Crippen molar-refractivity contribution in [2.75, 3.05) is 54.0 Å². The Hall–Kier alpha value is -11.7. The van der Waals surface area contributed by atoms with Gasteiger partial charge in [-0.15, -0.1) is 49.3 Å². The van der Waals surface area contributed by atoms with E-state index in [4.69, 9.17) is 30.2 Å². The summed E-state index contributed by atoms with van der Waals surface area (Å²) >= 11 is 4.50. The van der Waals surface area contributed by atoms with Gasteiger partial charge in [0.15, 0.2) is 34.7 Å². The Kier molecular flexibility index (Phi) is 24.5. The molecule has 123 heavy (non-hydrogen) atoms. The minimum atomic E-state index is -0.330. The number of halogens is 1. The third-order valence-electron chi connectivity index (χ3n) is 24.4. The minimum absolute atomic E-state index is 0.0431. The van der Waals surface area contributed by atoms with Crippen LogP contribution in [0.25, 0.3) is 55.0 Å². The molecule has 0 saturated carbocycles. The maximum absolute atomic E-state index is 13.6. The molecular formula is C87H102FN27O5S3. The molecule has 0 amide bonds. The zero-order valence-electron chi connectivity index (χ0n) is 71.3. The van der Waals surface area contributed by atoms with E-state index in [1.54, 1.807) is 85.4 Å². The number of pyridine rings is 1. The van der Waals surface area contributed by atoms with Crippen LogP contribution in [0, 0.1) is 64.1 Å². The number of hydrogen-bond donors (Lipinski definition) is 0. The molecule has 0 spiro atoms. The van der Waals surface area contributed by atoms with E-state index in [9.17, 15) is 28.4 Å². The van der Waals surface area contributed by atoms with Gasteiger partial charge in [0.05, 0.1) is 68.4 Å². The van der Waals surface area contributed by atoms with Crippen LogP contribution in [0.15, 0.2) is 72.6 Å². The standard InChI is InChI=1S/C24H23FN6O2S.C22H27N7O.C21H27N7OS.C20H25N7OS/c1-13(32)23-21(27-14(2)34-23)18-12-26-30(3)22(18)19(33)9-15-7-8-31-20(10-15)28-24(29-31)16-5-4-6-17(25)11-16;1-15-6-5-7-18(24-15)17-14-23-27(2)21(17)19(30)12-16-8-11-29-20(13-16)25-22(26-29)28-9-3-4-10-28;1-13-14(2)30-20(23-13)16-12-22-26(3)19(16)17(29)10-15-6-9-28-18(11-15)24-21(25-28)27-7-4-5-8-27;1-13-12-29-19(22-13)15-11-21-25(2)18(15)16(28)9-14-5-8-27-17(10-14)23-20(24-27)26-6-3-4-7-26/h4-6,11-12,15H,7-10H2,1-3H3;5-7,14,16H,3-4,8-13H2,1-2H3;12,15H,4-11H2,1-3H3;11-12,14H,3-10H2,1-2H3. The van der Waals surface area contributed by atoms with Crippen LogP contribution in [-0.2, 0) is 80.1 Å². The smallest absolute Gasteiger partial charge is 0.244 e. The quantitative estimate of drug-likeness (QED) is 0.0603. The first kappa shape index (κ1) is 83.6. The van der Waals surface area contributed by atoms with Crippen molar-refractivity contribution in [3.63, 3.8) is 0 Å². The number of ketones is 5. The van der Waals surface area contributed by atoms with Gasteiger partial charge in [-0.2, -0.15) is 40.4 Å². The van der Waals surface area contributed by atoms with Crippen molar-refractivity contribution in [3.8, 4) is 55.0 Å². The highest BCUT2D eigenvalue weighted by Gasteiger charge is 2.36. The highest BCUT2D eigenvalue weighted by Crippen LogP contribution is 2.38. The topological polar surface area (TPSA) is 341 Å². The average Bonchev–Trinajstić information content (AvgIpc) is 1.64. The maximum atomic E-state index is 13.6. The molecule has 32 nitrogen and oxygen atoms in total. The van der Waals surface area contributed by atoms with E-state index < -0.39 is 0 Å². The first-order chi connectivity index (χ1) is 59.4. The Labute approximate surface area is 723 Å². The fourth-order valence-electron chi connectivity index (χ4n) is 17.8. The SMILES string of the molecule is CC(=O)c1sc(C)nc1-c1cnn(C)c1C(=O)CC1CCn2nc(-c3cccc(F)c3)nc2C1.Cc1cccc(-c2cnn(C)c2C(=O)CC2CCn3nc(N4CCCC4)nc3C2)n1.Cc1csc(-c2cnn(C)c2C(=O)CC2CCn3nc(N4CCCC4)nc3C2)n1.Cc1nc(-c2cnn(C)c2C(=O)CC2CCn3nc(N4CCCC4)nc3C2)sc1C. The molecular weight excluding hydrogens is 1620 g/mol. The lowest BCUT2D eigenvalue weighted by Crippen LogP contribution is -2.23. The van der Waals surface area contributed by atoms with E-state index in [1.807, 2.05) is 91.1 Å². The zero-order chi connectivity index (χ0) is 85.4. The molecule has 4 atom stereocenters. The predicted octanol–water partition coefficient (Wildman–Crippen LogP) is 13.2. The predicted molar refractivity (Wildman–Crippen MR) is 466 cm³/mol. The number of thiazole rings is 3. The fraction of sp³-hybridized carbons (Fsp3) is 0.483. The number of fused-ring (bicyclic) bond motifs is 4. The molecule has 3 fully saturated rings. The van der Waals surface area contributed by atoms with Crippen molar-refractivity contribution in [2.45, 2.75) is 183 Å². The number of hydrogen-bond acceptors (Lipinski definition) is 27. The number of rotatable bonds is 21. The number of aryl methyl sites for hydroxylation is 13. The van der Waals surface area contributed by atoms with Crippen molar-refractivity contribution in [2.24, 2.45) is 51.9 Å². The van der Waals surface area contributed by atoms with Crippen LogP contribution in [0.4, 0.5) is 22.2 Å². The van der Waals surface area contributed by atoms with Gasteiger partial charge >= 0.3 is 0 Å². The molecule has 7 aliphatic rings. The van der Waals surface area contributed by atoms with E-state index >= 15 is 0 Å². The van der Waals surface area contributed by atoms with Crippen molar-refractivity contribution >= 4 is 80.8 Å². The first-order valence-electron chi connectivity index (χ1n) is 42.7. The molecule has 7 aliphatic heterocycles. The normalized spacial score (nSPS) is 17.8. The molecule has 4 unspecified atom stereocenters.